The van der Waals surface area contributed by atoms with Crippen molar-refractivity contribution >= 4 is 23.9 Å². The van der Waals surface area contributed by atoms with Crippen LogP contribution >= 0.6 is 11.8 Å². The molecular weight excluding hydrogens is 332 g/mol. The van der Waals surface area contributed by atoms with Crippen LogP contribution in [0.4, 0.5) is 0 Å². The maximum Gasteiger partial charge on any atom is 0.250 e. The van der Waals surface area contributed by atoms with Gasteiger partial charge in [0.05, 0.1) is 32.3 Å². The van der Waals surface area contributed by atoms with E-state index in [2.05, 4.69) is 20.5 Å². The van der Waals surface area contributed by atoms with Crippen LogP contribution in [0.15, 0.2) is 40.6 Å². The monoisotopic (exact) mass is 348 g/mol. The van der Waals surface area contributed by atoms with Gasteiger partial charge in [0.25, 0.3) is 5.91 Å². The van der Waals surface area contributed by atoms with Crippen LogP contribution in [-0.4, -0.2) is 47.2 Å². The molecule has 1 aromatic carbocycles. The van der Waals surface area contributed by atoms with Crippen molar-refractivity contribution in [1.29, 1.82) is 0 Å². The number of nitrogens with zero attached hydrogens (tertiary/aromatic N) is 3. The summed E-state index contributed by atoms with van der Waals surface area (Å²) in [5.74, 6) is 0.662. The largest absolute Gasteiger partial charge is 0.508 e. The fourth-order valence-corrected chi connectivity index (χ4v) is 2.19. The summed E-state index contributed by atoms with van der Waals surface area (Å²) in [6.07, 6.45) is 1.48. The van der Waals surface area contributed by atoms with Crippen LogP contribution in [-0.2, 0) is 4.79 Å². The molecule has 0 saturated heterocycles. The van der Waals surface area contributed by atoms with Crippen LogP contribution in [0.3, 0.4) is 0 Å². The van der Waals surface area contributed by atoms with Crippen molar-refractivity contribution in [2.75, 3.05) is 20.0 Å². The maximum absolute atomic E-state index is 11.8. The van der Waals surface area contributed by atoms with Gasteiger partial charge < -0.3 is 14.6 Å². The smallest absolute Gasteiger partial charge is 0.250 e. The summed E-state index contributed by atoms with van der Waals surface area (Å²) in [6, 6.07) is 7.97. The van der Waals surface area contributed by atoms with Crippen LogP contribution in [0, 0.1) is 0 Å². The molecule has 126 valence electrons. The average Bonchev–Trinajstić information content (AvgIpc) is 2.61. The number of aromatic hydroxyl groups is 1. The van der Waals surface area contributed by atoms with Gasteiger partial charge in [-0.2, -0.15) is 15.1 Å². The minimum Gasteiger partial charge on any atom is -0.508 e. The summed E-state index contributed by atoms with van der Waals surface area (Å²) in [6.45, 7) is 0. The number of rotatable bonds is 7. The van der Waals surface area contributed by atoms with E-state index in [-0.39, 0.29) is 17.4 Å². The van der Waals surface area contributed by atoms with Gasteiger partial charge in [0.1, 0.15) is 5.75 Å². The number of hydrogen-bond donors (Lipinski definition) is 2. The van der Waals surface area contributed by atoms with E-state index in [0.717, 1.165) is 17.3 Å². The number of carbonyl (C=O) groups is 1. The number of nitrogens with one attached hydrogen (secondary N) is 1. The molecule has 2 aromatic rings. The number of benzene rings is 1. The van der Waals surface area contributed by atoms with Gasteiger partial charge in [0.15, 0.2) is 5.16 Å². The molecule has 0 fully saturated rings. The van der Waals surface area contributed by atoms with Gasteiger partial charge in [-0.3, -0.25) is 4.79 Å². The number of ether oxygens (including phenoxy) is 2. The Kier molecular flexibility index (Phi) is 6.38. The minimum absolute atomic E-state index is 0.0865. The Morgan fingerprint density at radius 3 is 2.46 bits per heavy atom. The SMILES string of the molecule is COc1cc(OC)nc(SCC(=O)N/N=C\c2ccc(O)cc2)n1. The van der Waals surface area contributed by atoms with Crippen molar-refractivity contribution < 1.29 is 19.4 Å². The molecule has 24 heavy (non-hydrogen) atoms. The summed E-state index contributed by atoms with van der Waals surface area (Å²) in [5.41, 5.74) is 3.15. The number of amides is 1. The Balaban J connectivity index is 1.85. The molecule has 0 bridgehead atoms. The Hall–Kier alpha value is -2.81. The van der Waals surface area contributed by atoms with Crippen LogP contribution in [0.2, 0.25) is 0 Å². The number of phenols is 1. The number of hydrogen-bond acceptors (Lipinski definition) is 8. The van der Waals surface area contributed by atoms with Gasteiger partial charge >= 0.3 is 0 Å². The van der Waals surface area contributed by atoms with Crippen LogP contribution < -0.4 is 14.9 Å². The molecule has 2 N–H and O–H groups in total. The lowest BCUT2D eigenvalue weighted by atomic mass is 10.2. The fraction of sp³-hybridized carbons (Fsp3) is 0.200. The molecule has 0 aliphatic rings. The first kappa shape index (κ1) is 17.5. The van der Waals surface area contributed by atoms with Crippen molar-refractivity contribution in [3.63, 3.8) is 0 Å². The maximum atomic E-state index is 11.8. The minimum atomic E-state index is -0.305. The van der Waals surface area contributed by atoms with Gasteiger partial charge in [-0.1, -0.05) is 11.8 Å². The summed E-state index contributed by atoms with van der Waals surface area (Å²) in [4.78, 5) is 20.0. The molecule has 0 unspecified atom stereocenters. The average molecular weight is 348 g/mol. The standard InChI is InChI=1S/C15H16N4O4S/c1-22-13-7-14(23-2)18-15(17-13)24-9-12(21)19-16-8-10-3-5-11(20)6-4-10/h3-8,20H,9H2,1-2H3,(H,19,21)/b16-8-. The van der Waals surface area contributed by atoms with E-state index in [0.29, 0.717) is 16.9 Å². The van der Waals surface area contributed by atoms with Crippen molar-refractivity contribution in [3.8, 4) is 17.5 Å². The predicted octanol–water partition coefficient (Wildman–Crippen LogP) is 1.44. The Labute approximate surface area is 142 Å². The quantitative estimate of drug-likeness (QED) is 0.337. The normalized spacial score (nSPS) is 10.6. The zero-order valence-electron chi connectivity index (χ0n) is 13.1. The van der Waals surface area contributed by atoms with E-state index < -0.39 is 0 Å². The molecule has 8 nitrogen and oxygen atoms in total. The molecule has 0 spiro atoms. The zero-order valence-corrected chi connectivity index (χ0v) is 13.9. The molecule has 0 aliphatic heterocycles. The van der Waals surface area contributed by atoms with Gasteiger partial charge in [-0.05, 0) is 29.8 Å². The molecule has 2 rings (SSSR count). The number of aromatic nitrogens is 2. The highest BCUT2D eigenvalue weighted by Crippen LogP contribution is 2.21. The number of methoxy groups -OCH3 is 2. The number of thioether (sulfide) groups is 1. The molecule has 1 heterocycles. The summed E-state index contributed by atoms with van der Waals surface area (Å²) in [5, 5.41) is 13.4. The second-order valence-electron chi connectivity index (χ2n) is 4.41. The molecule has 0 aliphatic carbocycles. The van der Waals surface area contributed by atoms with Crippen LogP contribution in [0.25, 0.3) is 0 Å². The zero-order chi connectivity index (χ0) is 17.4. The molecule has 0 saturated carbocycles. The highest BCUT2D eigenvalue weighted by Gasteiger charge is 2.08. The Bertz CT molecular complexity index is 700. The van der Waals surface area contributed by atoms with Crippen LogP contribution in [0.5, 0.6) is 17.5 Å². The topological polar surface area (TPSA) is 106 Å². The molecule has 9 heteroatoms. The van der Waals surface area contributed by atoms with E-state index in [4.69, 9.17) is 9.47 Å². The van der Waals surface area contributed by atoms with Crippen molar-refractivity contribution in [1.82, 2.24) is 15.4 Å². The van der Waals surface area contributed by atoms with Gasteiger partial charge in [0.2, 0.25) is 11.8 Å². The third kappa shape index (κ3) is 5.43. The molecular formula is C15H16N4O4S. The van der Waals surface area contributed by atoms with Crippen molar-refractivity contribution in [2.45, 2.75) is 5.16 Å². The molecule has 0 atom stereocenters. The molecule has 1 amide bonds. The van der Waals surface area contributed by atoms with E-state index >= 15 is 0 Å². The fourth-order valence-electron chi connectivity index (χ4n) is 1.56. The lowest BCUT2D eigenvalue weighted by Gasteiger charge is -2.05. The summed E-state index contributed by atoms with van der Waals surface area (Å²) in [7, 11) is 2.97. The number of phenolic OH excluding ortho intramolecular Hbond substituents is 1. The lowest BCUT2D eigenvalue weighted by Crippen LogP contribution is -2.19. The summed E-state index contributed by atoms with van der Waals surface area (Å²) >= 11 is 1.13. The highest BCUT2D eigenvalue weighted by molar-refractivity contribution is 7.99. The highest BCUT2D eigenvalue weighted by atomic mass is 32.2. The van der Waals surface area contributed by atoms with Gasteiger partial charge in [-0.25, -0.2) is 5.43 Å². The lowest BCUT2D eigenvalue weighted by molar-refractivity contribution is -0.118. The Morgan fingerprint density at radius 1 is 1.25 bits per heavy atom. The number of hydrazone groups is 1. The van der Waals surface area contributed by atoms with E-state index in [1.165, 1.54) is 32.6 Å². The van der Waals surface area contributed by atoms with Gasteiger partial charge in [-0.15, -0.1) is 0 Å². The molecule has 1 aromatic heterocycles. The first-order valence-corrected chi connectivity index (χ1v) is 7.80. The second kappa shape index (κ2) is 8.73. The van der Waals surface area contributed by atoms with Crippen LogP contribution in [0.1, 0.15) is 5.56 Å². The van der Waals surface area contributed by atoms with Gasteiger partial charge in [0, 0.05) is 0 Å². The third-order valence-electron chi connectivity index (χ3n) is 2.71. The molecule has 0 radical (unpaired) electrons. The second-order valence-corrected chi connectivity index (χ2v) is 5.35. The first-order valence-electron chi connectivity index (χ1n) is 6.81. The number of carbonyl (C=O) groups excluding carboxylic acids is 1. The first-order chi connectivity index (χ1) is 11.6. The Morgan fingerprint density at radius 2 is 1.88 bits per heavy atom. The van der Waals surface area contributed by atoms with E-state index in [9.17, 15) is 9.90 Å². The van der Waals surface area contributed by atoms with Crippen molar-refractivity contribution in [3.05, 3.63) is 35.9 Å². The van der Waals surface area contributed by atoms with E-state index in [1.807, 2.05) is 0 Å². The van der Waals surface area contributed by atoms with Crippen molar-refractivity contribution in [2.24, 2.45) is 5.10 Å². The summed E-state index contributed by atoms with van der Waals surface area (Å²) < 4.78 is 10.1. The predicted molar refractivity (Wildman–Crippen MR) is 89.7 cm³/mol. The third-order valence-corrected chi connectivity index (χ3v) is 3.55. The van der Waals surface area contributed by atoms with E-state index in [1.54, 1.807) is 18.2 Å².